The molecule has 0 saturated heterocycles. The monoisotopic (exact) mass is 225 g/mol. The Morgan fingerprint density at radius 2 is 1.67 bits per heavy atom. The number of nitrogens with one attached hydrogen (secondary N) is 1. The van der Waals surface area contributed by atoms with Crippen LogP contribution in [0, 0.1) is 5.41 Å². The van der Waals surface area contributed by atoms with Crippen LogP contribution in [-0.4, -0.2) is 18.8 Å². The van der Waals surface area contributed by atoms with E-state index in [1.807, 2.05) is 27.7 Å². The van der Waals surface area contributed by atoms with Crippen LogP contribution in [0.4, 0.5) is 13.2 Å². The van der Waals surface area contributed by atoms with Gasteiger partial charge >= 0.3 is 6.18 Å². The van der Waals surface area contributed by atoms with Crippen molar-refractivity contribution in [2.45, 2.75) is 59.2 Å². The van der Waals surface area contributed by atoms with Gasteiger partial charge in [0.1, 0.15) is 0 Å². The molecule has 92 valence electrons. The molecule has 0 radical (unpaired) electrons. The van der Waals surface area contributed by atoms with Gasteiger partial charge in [-0.25, -0.2) is 0 Å². The summed E-state index contributed by atoms with van der Waals surface area (Å²) in [5, 5.41) is 2.89. The molecule has 0 heterocycles. The van der Waals surface area contributed by atoms with E-state index in [2.05, 4.69) is 5.32 Å². The summed E-state index contributed by atoms with van der Waals surface area (Å²) in [5.41, 5.74) is 0.0965. The molecule has 4 heteroatoms. The summed E-state index contributed by atoms with van der Waals surface area (Å²) < 4.78 is 36.6. The van der Waals surface area contributed by atoms with Gasteiger partial charge in [0.05, 0.1) is 6.42 Å². The molecule has 1 atom stereocenters. The fraction of sp³-hybridized carbons (Fsp3) is 1.00. The number of halogens is 3. The summed E-state index contributed by atoms with van der Waals surface area (Å²) in [6.07, 6.45) is -3.40. The van der Waals surface area contributed by atoms with Gasteiger partial charge in [0.25, 0.3) is 0 Å². The van der Waals surface area contributed by atoms with E-state index in [-0.39, 0.29) is 5.41 Å². The smallest absolute Gasteiger partial charge is 0.314 e. The zero-order valence-corrected chi connectivity index (χ0v) is 10.0. The molecule has 0 aromatic carbocycles. The highest BCUT2D eigenvalue weighted by Gasteiger charge is 2.31. The highest BCUT2D eigenvalue weighted by atomic mass is 19.4. The van der Waals surface area contributed by atoms with Gasteiger partial charge in [0, 0.05) is 6.04 Å². The molecule has 0 spiro atoms. The van der Waals surface area contributed by atoms with Gasteiger partial charge in [-0.1, -0.05) is 27.7 Å². The van der Waals surface area contributed by atoms with Gasteiger partial charge in [-0.2, -0.15) is 13.2 Å². The molecule has 0 aliphatic carbocycles. The van der Waals surface area contributed by atoms with Crippen molar-refractivity contribution < 1.29 is 13.2 Å². The first kappa shape index (κ1) is 14.8. The van der Waals surface area contributed by atoms with Gasteiger partial charge < -0.3 is 5.32 Å². The van der Waals surface area contributed by atoms with E-state index in [0.29, 0.717) is 13.0 Å². The third-order valence-electron chi connectivity index (χ3n) is 2.21. The van der Waals surface area contributed by atoms with E-state index >= 15 is 0 Å². The first-order chi connectivity index (χ1) is 6.64. The van der Waals surface area contributed by atoms with E-state index in [0.717, 1.165) is 6.42 Å². The second kappa shape index (κ2) is 5.73. The molecule has 1 N–H and O–H groups in total. The number of hydrogen-bond donors (Lipinski definition) is 1. The average Bonchev–Trinajstić information content (AvgIpc) is 1.96. The molecule has 1 unspecified atom stereocenters. The van der Waals surface area contributed by atoms with Crippen LogP contribution < -0.4 is 5.32 Å². The molecule has 0 fully saturated rings. The minimum atomic E-state index is -4.06. The lowest BCUT2D eigenvalue weighted by molar-refractivity contribution is -0.140. The maximum atomic E-state index is 12.2. The molecule has 0 aliphatic heterocycles. The van der Waals surface area contributed by atoms with E-state index in [4.69, 9.17) is 0 Å². The minimum Gasteiger partial charge on any atom is -0.314 e. The molecular weight excluding hydrogens is 203 g/mol. The Morgan fingerprint density at radius 1 is 1.13 bits per heavy atom. The fourth-order valence-electron chi connectivity index (χ4n) is 1.45. The third-order valence-corrected chi connectivity index (χ3v) is 2.21. The lowest BCUT2D eigenvalue weighted by atomic mass is 9.88. The van der Waals surface area contributed by atoms with Gasteiger partial charge in [-0.3, -0.25) is 0 Å². The van der Waals surface area contributed by atoms with Crippen LogP contribution in [0.1, 0.15) is 47.0 Å². The third kappa shape index (κ3) is 10.0. The van der Waals surface area contributed by atoms with Crippen molar-refractivity contribution in [2.75, 3.05) is 6.54 Å². The fourth-order valence-corrected chi connectivity index (χ4v) is 1.45. The Balaban J connectivity index is 4.05. The average molecular weight is 225 g/mol. The second-order valence-corrected chi connectivity index (χ2v) is 5.17. The SMILES string of the molecule is CCNC(CCC(C)(C)C)CC(F)(F)F. The van der Waals surface area contributed by atoms with Gasteiger partial charge in [0.15, 0.2) is 0 Å². The van der Waals surface area contributed by atoms with Crippen molar-refractivity contribution in [3.05, 3.63) is 0 Å². The van der Waals surface area contributed by atoms with E-state index in [9.17, 15) is 13.2 Å². The van der Waals surface area contributed by atoms with Gasteiger partial charge in [0.2, 0.25) is 0 Å². The highest BCUT2D eigenvalue weighted by molar-refractivity contribution is 4.73. The van der Waals surface area contributed by atoms with E-state index in [1.54, 1.807) is 0 Å². The van der Waals surface area contributed by atoms with E-state index < -0.39 is 18.6 Å². The summed E-state index contributed by atoms with van der Waals surface area (Å²) in [6, 6.07) is -0.436. The Kier molecular flexibility index (Phi) is 5.63. The Morgan fingerprint density at radius 3 is 2.00 bits per heavy atom. The van der Waals surface area contributed by atoms with Crippen molar-refractivity contribution in [1.82, 2.24) is 5.32 Å². The maximum Gasteiger partial charge on any atom is 0.390 e. The summed E-state index contributed by atoms with van der Waals surface area (Å²) in [6.45, 7) is 8.56. The topological polar surface area (TPSA) is 12.0 Å². The normalized spacial score (nSPS) is 15.4. The van der Waals surface area contributed by atoms with Gasteiger partial charge in [-0.05, 0) is 24.8 Å². The molecule has 1 nitrogen and oxygen atoms in total. The zero-order chi connectivity index (χ0) is 12.1. The predicted octanol–water partition coefficient (Wildman–Crippen LogP) is 3.74. The maximum absolute atomic E-state index is 12.2. The molecule has 0 amide bonds. The summed E-state index contributed by atoms with van der Waals surface area (Å²) >= 11 is 0. The molecule has 0 aliphatic rings. The van der Waals surface area contributed by atoms with Crippen molar-refractivity contribution in [2.24, 2.45) is 5.41 Å². The lowest BCUT2D eigenvalue weighted by Gasteiger charge is -2.24. The van der Waals surface area contributed by atoms with E-state index in [1.165, 1.54) is 0 Å². The number of alkyl halides is 3. The predicted molar refractivity (Wildman–Crippen MR) is 56.8 cm³/mol. The van der Waals surface area contributed by atoms with Crippen LogP contribution in [0.5, 0.6) is 0 Å². The zero-order valence-electron chi connectivity index (χ0n) is 10.0. The van der Waals surface area contributed by atoms with Crippen molar-refractivity contribution in [3.8, 4) is 0 Å². The van der Waals surface area contributed by atoms with Crippen LogP contribution in [0.2, 0.25) is 0 Å². The molecular formula is C11H22F3N. The van der Waals surface area contributed by atoms with Crippen LogP contribution in [0.3, 0.4) is 0 Å². The van der Waals surface area contributed by atoms with Crippen molar-refractivity contribution in [3.63, 3.8) is 0 Å². The summed E-state index contributed by atoms with van der Waals surface area (Å²) in [4.78, 5) is 0. The van der Waals surface area contributed by atoms with Crippen LogP contribution in [0.25, 0.3) is 0 Å². The first-order valence-corrected chi connectivity index (χ1v) is 5.44. The number of hydrogen-bond acceptors (Lipinski definition) is 1. The molecule has 0 aromatic rings. The van der Waals surface area contributed by atoms with Crippen LogP contribution in [-0.2, 0) is 0 Å². The molecule has 0 bridgehead atoms. The molecule has 0 aromatic heterocycles. The quantitative estimate of drug-likeness (QED) is 0.751. The lowest BCUT2D eigenvalue weighted by Crippen LogP contribution is -2.34. The second-order valence-electron chi connectivity index (χ2n) is 5.17. The summed E-state index contributed by atoms with van der Waals surface area (Å²) in [7, 11) is 0. The van der Waals surface area contributed by atoms with Crippen LogP contribution >= 0.6 is 0 Å². The summed E-state index contributed by atoms with van der Waals surface area (Å²) in [5.74, 6) is 0. The standard InChI is InChI=1S/C11H22F3N/c1-5-15-9(8-11(12,13)14)6-7-10(2,3)4/h9,15H,5-8H2,1-4H3. The molecule has 15 heavy (non-hydrogen) atoms. The van der Waals surface area contributed by atoms with Gasteiger partial charge in [-0.15, -0.1) is 0 Å². The largest absolute Gasteiger partial charge is 0.390 e. The Hall–Kier alpha value is -0.250. The van der Waals surface area contributed by atoms with Crippen LogP contribution in [0.15, 0.2) is 0 Å². The Bertz CT molecular complexity index is 170. The minimum absolute atomic E-state index is 0.0965. The Labute approximate surface area is 90.4 Å². The molecule has 0 rings (SSSR count). The number of rotatable bonds is 5. The highest BCUT2D eigenvalue weighted by Crippen LogP contribution is 2.27. The first-order valence-electron chi connectivity index (χ1n) is 5.44. The van der Waals surface area contributed by atoms with Crippen molar-refractivity contribution in [1.29, 1.82) is 0 Å². The van der Waals surface area contributed by atoms with Crippen molar-refractivity contribution >= 4 is 0 Å². The molecule has 0 saturated carbocycles.